The van der Waals surface area contributed by atoms with Crippen molar-refractivity contribution in [3.05, 3.63) is 123 Å². The van der Waals surface area contributed by atoms with Crippen LogP contribution in [-0.2, 0) is 37.2 Å². The third kappa shape index (κ3) is 12.3. The average Bonchev–Trinajstić information content (AvgIpc) is 3.49. The minimum atomic E-state index is -3.61. The fourth-order valence-electron chi connectivity index (χ4n) is 4.95. The second-order valence-corrected chi connectivity index (χ2v) is 16.1. The topological polar surface area (TPSA) is 315 Å². The average molecular weight is 902 g/mol. The standard InChI is InChI=1S/C19H19N3O6S2.C16H12N5O4.C2H7NO.Cr/c1-3-30(27,28)13-8-10-16(23)15(11-13)20-21-19-17(24)9-7-12-5-4-6-14(18(12)19)22-29(2,25)26;1-10-15(16(23)20(19-10)11-5-3-2-4-6-11)18-17-13-9-12(21(24)25)7-8-14(13)22;3-1-2-4;/h4-11,22-24H,3H2,1-2H3;2-9,22H,1H3;4H,1-3H2;/q;-1;;/p+1. The molecule has 1 aromatic heterocycles. The molecule has 0 atom stereocenters. The Bertz CT molecular complexity index is 2820. The van der Waals surface area contributed by atoms with Crippen molar-refractivity contribution in [1.29, 1.82) is 0 Å². The molecule has 5 aromatic carbocycles. The number of aliphatic hydroxyl groups is 1. The molecule has 0 saturated heterocycles. The Morgan fingerprint density at radius 2 is 1.50 bits per heavy atom. The quantitative estimate of drug-likeness (QED) is 0.0367. The summed E-state index contributed by atoms with van der Waals surface area (Å²) in [4.78, 5) is 22.6. The molecule has 20 nitrogen and oxygen atoms in total. The molecule has 7 N–H and O–H groups in total. The molecule has 0 aliphatic heterocycles. The van der Waals surface area contributed by atoms with E-state index in [1.165, 1.54) is 41.9 Å². The van der Waals surface area contributed by atoms with Crippen LogP contribution in [0.2, 0.25) is 0 Å². The van der Waals surface area contributed by atoms with Gasteiger partial charge in [-0.25, -0.2) is 26.6 Å². The van der Waals surface area contributed by atoms with Crippen LogP contribution in [0.4, 0.5) is 34.1 Å². The number of azo groups is 2. The Morgan fingerprint density at radius 1 is 0.883 bits per heavy atom. The van der Waals surface area contributed by atoms with E-state index in [0.717, 1.165) is 24.5 Å². The first-order valence-electron chi connectivity index (χ1n) is 17.1. The van der Waals surface area contributed by atoms with Gasteiger partial charge in [-0.05, 0) is 53.9 Å². The summed E-state index contributed by atoms with van der Waals surface area (Å²) < 4.78 is 51.1. The van der Waals surface area contributed by atoms with Crippen molar-refractivity contribution in [1.82, 2.24) is 9.78 Å². The van der Waals surface area contributed by atoms with Gasteiger partial charge >= 0.3 is 1.43 Å². The van der Waals surface area contributed by atoms with Crippen LogP contribution in [0.5, 0.6) is 17.2 Å². The van der Waals surface area contributed by atoms with Gasteiger partial charge in [0, 0.05) is 41.4 Å². The van der Waals surface area contributed by atoms with Crippen molar-refractivity contribution >= 4 is 64.8 Å². The number of sulfonamides is 1. The van der Waals surface area contributed by atoms with E-state index >= 15 is 0 Å². The number of benzene rings is 5. The summed E-state index contributed by atoms with van der Waals surface area (Å²) in [6, 6.07) is 23.6. The monoisotopic (exact) mass is 901 g/mol. The molecule has 0 unspecified atom stereocenters. The summed E-state index contributed by atoms with van der Waals surface area (Å²) in [6.07, 6.45) is 0.994. The number of nitrogens with one attached hydrogen (secondary N) is 1. The number of hydrogen-bond donors (Lipinski definition) is 6. The zero-order valence-corrected chi connectivity index (χ0v) is 34.8. The maximum Gasteiger partial charge on any atom is 1.00 e. The number of para-hydroxylation sites is 1. The number of phenols is 3. The number of hydrogen-bond acceptors (Lipinski definition) is 17. The van der Waals surface area contributed by atoms with Gasteiger partial charge in [-0.3, -0.25) is 14.8 Å². The van der Waals surface area contributed by atoms with E-state index in [9.17, 15) is 47.1 Å². The van der Waals surface area contributed by atoms with Crippen molar-refractivity contribution in [3.63, 3.8) is 0 Å². The van der Waals surface area contributed by atoms with Crippen molar-refractivity contribution in [2.24, 2.45) is 26.2 Å². The maximum absolute atomic E-state index is 12.4. The number of nitro groups is 1. The molecule has 0 saturated carbocycles. The largest absolute Gasteiger partial charge is 1.00 e. The van der Waals surface area contributed by atoms with Crippen molar-refractivity contribution in [2.75, 3.05) is 29.9 Å². The van der Waals surface area contributed by atoms with Gasteiger partial charge in [0.05, 0.1) is 39.8 Å². The summed E-state index contributed by atoms with van der Waals surface area (Å²) in [5, 5.41) is 69.1. The molecule has 0 radical (unpaired) electrons. The van der Waals surface area contributed by atoms with Crippen LogP contribution < -0.4 is 16.0 Å². The molecule has 0 spiro atoms. The number of aryl methyl sites for hydroxylation is 1. The molecule has 0 amide bonds. The van der Waals surface area contributed by atoms with Crippen LogP contribution in [0.25, 0.3) is 16.5 Å². The fourth-order valence-corrected chi connectivity index (χ4v) is 6.42. The van der Waals surface area contributed by atoms with Gasteiger partial charge in [-0.1, -0.05) is 55.9 Å². The predicted molar refractivity (Wildman–Crippen MR) is 220 cm³/mol. The fraction of sp³-hybridized carbons (Fsp3) is 0.162. The van der Waals surface area contributed by atoms with E-state index in [2.05, 4.69) is 30.3 Å². The number of fused-ring (bicyclic) bond motifs is 1. The van der Waals surface area contributed by atoms with E-state index in [1.807, 2.05) is 6.07 Å². The van der Waals surface area contributed by atoms with Crippen LogP contribution in [-0.4, -0.2) is 77.1 Å². The second kappa shape index (κ2) is 21.0. The summed E-state index contributed by atoms with van der Waals surface area (Å²) in [7, 11) is -7.14. The Labute approximate surface area is 355 Å². The molecule has 0 aliphatic carbocycles. The van der Waals surface area contributed by atoms with Gasteiger partial charge in [0.2, 0.25) is 10.0 Å². The van der Waals surface area contributed by atoms with Gasteiger partial charge in [-0.2, -0.15) is 5.11 Å². The Kier molecular flexibility index (Phi) is 16.7. The molecular weight excluding hydrogens is 863 g/mol. The number of nitro benzene ring substituents is 1. The van der Waals surface area contributed by atoms with Crippen LogP contribution in [0, 0.1) is 17.0 Å². The van der Waals surface area contributed by atoms with E-state index in [4.69, 9.17) is 10.8 Å². The van der Waals surface area contributed by atoms with E-state index in [0.29, 0.717) is 28.7 Å². The number of rotatable bonds is 11. The number of phenolic OH excluding ortho intramolecular Hbond substituents is 3. The van der Waals surface area contributed by atoms with E-state index in [1.54, 1.807) is 49.4 Å². The molecule has 23 heteroatoms. The first kappa shape index (κ1) is 47.9. The first-order valence-corrected chi connectivity index (χ1v) is 20.7. The summed E-state index contributed by atoms with van der Waals surface area (Å²) in [5.41, 5.74) is 4.90. The number of aliphatic hydroxyl groups excluding tert-OH is 1. The van der Waals surface area contributed by atoms with Crippen molar-refractivity contribution in [3.8, 4) is 22.9 Å². The van der Waals surface area contributed by atoms with Crippen LogP contribution in [0.15, 0.2) is 127 Å². The van der Waals surface area contributed by atoms with Crippen molar-refractivity contribution < 1.29 is 61.0 Å². The molecular formula is C37H39CrN9O11S2. The SMILES string of the molecule is CCS(=O)(=O)c1ccc(O)c(N=Nc2c(O)ccc3cccc(NS(C)(=O)=O)c23)c1.Cc1nn(-c2ccccc2)c(=O)[c-]1N=Nc1cc([N+](=O)[O-])ccc1O.NCCO.[Cr].[H+]. The molecule has 1 heterocycles. The minimum Gasteiger partial charge on any atom is -0.506 e. The summed E-state index contributed by atoms with van der Waals surface area (Å²) in [5.74, 6) is -0.984. The van der Waals surface area contributed by atoms with Gasteiger partial charge in [0.15, 0.2) is 9.84 Å². The molecule has 6 rings (SSSR count). The normalized spacial score (nSPS) is 11.3. The van der Waals surface area contributed by atoms with Crippen LogP contribution >= 0.6 is 0 Å². The van der Waals surface area contributed by atoms with E-state index < -0.39 is 30.3 Å². The molecule has 6 aromatic rings. The van der Waals surface area contributed by atoms with Gasteiger partial charge in [-0.15, -0.1) is 15.9 Å². The second-order valence-electron chi connectivity index (χ2n) is 12.1. The maximum atomic E-state index is 12.4. The first-order chi connectivity index (χ1) is 27.9. The molecule has 0 fully saturated rings. The Balaban J connectivity index is 0.000000379. The van der Waals surface area contributed by atoms with Crippen LogP contribution in [0.1, 0.15) is 14.0 Å². The predicted octanol–water partition coefficient (Wildman–Crippen LogP) is 6.17. The summed E-state index contributed by atoms with van der Waals surface area (Å²) >= 11 is 0. The molecule has 60 heavy (non-hydrogen) atoms. The number of aromatic nitrogens is 2. The number of nitrogens with zero attached hydrogens (tertiary/aromatic N) is 7. The van der Waals surface area contributed by atoms with Gasteiger partial charge in [0.25, 0.3) is 5.69 Å². The summed E-state index contributed by atoms with van der Waals surface area (Å²) in [6.45, 7) is 3.57. The number of aromatic hydroxyl groups is 3. The van der Waals surface area contributed by atoms with Gasteiger partial charge in [0.1, 0.15) is 39.9 Å². The number of nitrogens with two attached hydrogens (primary N) is 1. The molecule has 316 valence electrons. The number of anilines is 1. The molecule has 0 bridgehead atoms. The third-order valence-corrected chi connectivity index (χ3v) is 10.1. The number of sulfone groups is 1. The van der Waals surface area contributed by atoms with Crippen LogP contribution in [0.3, 0.4) is 0 Å². The zero-order chi connectivity index (χ0) is 43.5. The minimum absolute atomic E-state index is 0. The Morgan fingerprint density at radius 3 is 2.10 bits per heavy atom. The van der Waals surface area contributed by atoms with Crippen molar-refractivity contribution in [2.45, 2.75) is 18.7 Å². The molecule has 0 aliphatic rings. The zero-order valence-electron chi connectivity index (χ0n) is 32.9. The van der Waals surface area contributed by atoms with E-state index in [-0.39, 0.29) is 87.4 Å². The third-order valence-electron chi connectivity index (χ3n) is 7.78. The smallest absolute Gasteiger partial charge is 0.506 e. The Hall–Kier alpha value is -6.48. The van der Waals surface area contributed by atoms with Gasteiger partial charge < -0.3 is 36.1 Å². The number of non-ortho nitro benzene ring substituents is 1.